The number of ether oxygens (including phenoxy) is 1. The standard InChI is InChI=1S/C16H22N2O2.C2H2O4/c19-16(12-18-8-3-4-9-18)17-11-15-14-6-2-1-5-13(14)7-10-20-15;3-1(4)2(5)6/h1-2,5-6,15H,3-4,7-12H2,(H,17,19);(H,3,4)(H,5,6). The van der Waals surface area contributed by atoms with Gasteiger partial charge in [-0.25, -0.2) is 9.59 Å². The number of carboxylic acid groups (broad SMARTS) is 2. The SMILES string of the molecule is O=C(CN1CCCC1)NCC1OCCc2ccccc21.O=C(O)C(=O)O. The van der Waals surface area contributed by atoms with E-state index in [-0.39, 0.29) is 12.0 Å². The number of aliphatic carboxylic acids is 2. The van der Waals surface area contributed by atoms with Gasteiger partial charge in [0.2, 0.25) is 5.91 Å². The number of likely N-dealkylation sites (tertiary alicyclic amines) is 1. The molecule has 0 aliphatic carbocycles. The fourth-order valence-electron chi connectivity index (χ4n) is 3.05. The lowest BCUT2D eigenvalue weighted by atomic mass is 9.97. The van der Waals surface area contributed by atoms with E-state index in [4.69, 9.17) is 24.5 Å². The zero-order valence-electron chi connectivity index (χ0n) is 14.5. The molecule has 1 saturated heterocycles. The van der Waals surface area contributed by atoms with E-state index < -0.39 is 11.9 Å². The molecule has 0 bridgehead atoms. The fraction of sp³-hybridized carbons (Fsp3) is 0.500. The third-order valence-corrected chi connectivity index (χ3v) is 4.33. The zero-order valence-corrected chi connectivity index (χ0v) is 14.5. The Kier molecular flexibility index (Phi) is 7.55. The minimum absolute atomic E-state index is 0.00229. The Labute approximate surface area is 151 Å². The summed E-state index contributed by atoms with van der Waals surface area (Å²) in [6.07, 6.45) is 3.40. The van der Waals surface area contributed by atoms with Crippen LogP contribution in [-0.2, 0) is 25.5 Å². The lowest BCUT2D eigenvalue weighted by Crippen LogP contribution is -2.38. The Morgan fingerprint density at radius 1 is 1.12 bits per heavy atom. The molecule has 1 atom stereocenters. The first kappa shape index (κ1) is 19.9. The van der Waals surface area contributed by atoms with Crippen LogP contribution in [0.5, 0.6) is 0 Å². The van der Waals surface area contributed by atoms with Crippen LogP contribution in [0, 0.1) is 0 Å². The average Bonchev–Trinajstić information content (AvgIpc) is 3.13. The molecule has 3 N–H and O–H groups in total. The van der Waals surface area contributed by atoms with Crippen LogP contribution in [0.2, 0.25) is 0 Å². The van der Waals surface area contributed by atoms with Gasteiger partial charge in [-0.3, -0.25) is 9.69 Å². The van der Waals surface area contributed by atoms with Crippen LogP contribution in [0.3, 0.4) is 0 Å². The first-order chi connectivity index (χ1) is 12.5. The average molecular weight is 364 g/mol. The lowest BCUT2D eigenvalue weighted by Gasteiger charge is -2.26. The van der Waals surface area contributed by atoms with Crippen LogP contribution in [-0.4, -0.2) is 65.7 Å². The number of hydrogen-bond acceptors (Lipinski definition) is 5. The number of benzene rings is 1. The number of nitrogens with zero attached hydrogens (tertiary/aromatic N) is 1. The predicted octanol–water partition coefficient (Wildman–Crippen LogP) is 0.668. The van der Waals surface area contributed by atoms with Gasteiger partial charge in [0.1, 0.15) is 6.10 Å². The molecule has 2 aliphatic heterocycles. The summed E-state index contributed by atoms with van der Waals surface area (Å²) in [5.74, 6) is -3.54. The van der Waals surface area contributed by atoms with Crippen molar-refractivity contribution in [1.29, 1.82) is 0 Å². The number of nitrogens with one attached hydrogen (secondary N) is 1. The van der Waals surface area contributed by atoms with Gasteiger partial charge in [0, 0.05) is 6.54 Å². The van der Waals surface area contributed by atoms with Crippen molar-refractivity contribution in [2.24, 2.45) is 0 Å². The summed E-state index contributed by atoms with van der Waals surface area (Å²) < 4.78 is 5.80. The quantitative estimate of drug-likeness (QED) is 0.672. The van der Waals surface area contributed by atoms with E-state index in [2.05, 4.69) is 28.4 Å². The van der Waals surface area contributed by atoms with Crippen molar-refractivity contribution in [1.82, 2.24) is 10.2 Å². The summed E-state index contributed by atoms with van der Waals surface area (Å²) in [5.41, 5.74) is 2.57. The molecule has 2 aliphatic rings. The van der Waals surface area contributed by atoms with E-state index in [1.54, 1.807) is 0 Å². The van der Waals surface area contributed by atoms with Crippen LogP contribution in [0.1, 0.15) is 30.1 Å². The number of hydrogen-bond donors (Lipinski definition) is 3. The van der Waals surface area contributed by atoms with E-state index in [9.17, 15) is 4.79 Å². The number of carbonyl (C=O) groups is 3. The van der Waals surface area contributed by atoms with Crippen LogP contribution < -0.4 is 5.32 Å². The summed E-state index contributed by atoms with van der Waals surface area (Å²) >= 11 is 0. The molecule has 1 amide bonds. The molecule has 142 valence electrons. The highest BCUT2D eigenvalue weighted by molar-refractivity contribution is 6.27. The van der Waals surface area contributed by atoms with Gasteiger partial charge in [0.05, 0.1) is 13.2 Å². The molecule has 1 unspecified atom stereocenters. The highest BCUT2D eigenvalue weighted by Crippen LogP contribution is 2.26. The summed E-state index contributed by atoms with van der Waals surface area (Å²) in [6, 6.07) is 8.35. The van der Waals surface area contributed by atoms with Gasteiger partial charge < -0.3 is 20.3 Å². The first-order valence-electron chi connectivity index (χ1n) is 8.62. The lowest BCUT2D eigenvalue weighted by molar-refractivity contribution is -0.159. The smallest absolute Gasteiger partial charge is 0.414 e. The molecule has 26 heavy (non-hydrogen) atoms. The Morgan fingerprint density at radius 2 is 1.77 bits per heavy atom. The van der Waals surface area contributed by atoms with Crippen molar-refractivity contribution >= 4 is 17.8 Å². The number of rotatable bonds is 4. The molecule has 1 aromatic carbocycles. The van der Waals surface area contributed by atoms with Crippen molar-refractivity contribution in [3.05, 3.63) is 35.4 Å². The number of carboxylic acids is 2. The molecule has 0 radical (unpaired) electrons. The minimum Gasteiger partial charge on any atom is -0.473 e. The second kappa shape index (κ2) is 9.88. The Bertz CT molecular complexity index is 630. The maximum absolute atomic E-state index is 11.9. The zero-order chi connectivity index (χ0) is 18.9. The molecule has 3 rings (SSSR count). The summed E-state index contributed by atoms with van der Waals surface area (Å²) in [5, 5.41) is 17.8. The largest absolute Gasteiger partial charge is 0.473 e. The Morgan fingerprint density at radius 3 is 2.42 bits per heavy atom. The van der Waals surface area contributed by atoms with Gasteiger partial charge in [0.25, 0.3) is 0 Å². The molecule has 8 nitrogen and oxygen atoms in total. The third-order valence-electron chi connectivity index (χ3n) is 4.33. The monoisotopic (exact) mass is 364 g/mol. The molecule has 2 heterocycles. The number of fused-ring (bicyclic) bond motifs is 1. The maximum atomic E-state index is 11.9. The highest BCUT2D eigenvalue weighted by atomic mass is 16.5. The van der Waals surface area contributed by atoms with Gasteiger partial charge >= 0.3 is 11.9 Å². The predicted molar refractivity (Wildman–Crippen MR) is 92.8 cm³/mol. The van der Waals surface area contributed by atoms with Crippen LogP contribution in [0.15, 0.2) is 24.3 Å². The van der Waals surface area contributed by atoms with Crippen LogP contribution in [0.25, 0.3) is 0 Å². The van der Waals surface area contributed by atoms with Crippen LogP contribution >= 0.6 is 0 Å². The normalized spacial score (nSPS) is 19.0. The molecule has 0 aromatic heterocycles. The van der Waals surface area contributed by atoms with E-state index in [0.717, 1.165) is 26.1 Å². The Balaban J connectivity index is 0.000000352. The molecule has 1 aromatic rings. The van der Waals surface area contributed by atoms with Gasteiger partial charge in [0.15, 0.2) is 0 Å². The summed E-state index contributed by atoms with van der Waals surface area (Å²) in [4.78, 5) is 32.4. The fourth-order valence-corrected chi connectivity index (χ4v) is 3.05. The molecular weight excluding hydrogens is 340 g/mol. The summed E-state index contributed by atoms with van der Waals surface area (Å²) in [6.45, 7) is 3.94. The van der Waals surface area contributed by atoms with Gasteiger partial charge in [-0.05, 0) is 43.5 Å². The number of carbonyl (C=O) groups excluding carboxylic acids is 1. The molecule has 8 heteroatoms. The third kappa shape index (κ3) is 6.12. The number of amides is 1. The van der Waals surface area contributed by atoms with Crippen molar-refractivity contribution < 1.29 is 29.3 Å². The first-order valence-corrected chi connectivity index (χ1v) is 8.62. The second-order valence-electron chi connectivity index (χ2n) is 6.21. The molecule has 0 spiro atoms. The molecule has 1 fully saturated rings. The van der Waals surface area contributed by atoms with Crippen molar-refractivity contribution in [2.45, 2.75) is 25.4 Å². The Hall–Kier alpha value is -2.45. The summed E-state index contributed by atoms with van der Waals surface area (Å²) in [7, 11) is 0. The highest BCUT2D eigenvalue weighted by Gasteiger charge is 2.21. The molecular formula is C18H24N2O6. The van der Waals surface area contributed by atoms with E-state index in [1.165, 1.54) is 24.0 Å². The van der Waals surface area contributed by atoms with Gasteiger partial charge in [-0.2, -0.15) is 0 Å². The topological polar surface area (TPSA) is 116 Å². The van der Waals surface area contributed by atoms with Gasteiger partial charge in [-0.1, -0.05) is 24.3 Å². The van der Waals surface area contributed by atoms with E-state index in [0.29, 0.717) is 13.1 Å². The van der Waals surface area contributed by atoms with Crippen molar-refractivity contribution in [3.8, 4) is 0 Å². The van der Waals surface area contributed by atoms with E-state index in [1.807, 2.05) is 6.07 Å². The minimum atomic E-state index is -1.82. The van der Waals surface area contributed by atoms with Crippen LogP contribution in [0.4, 0.5) is 0 Å². The molecule has 0 saturated carbocycles. The van der Waals surface area contributed by atoms with Gasteiger partial charge in [-0.15, -0.1) is 0 Å². The maximum Gasteiger partial charge on any atom is 0.414 e. The van der Waals surface area contributed by atoms with Crippen molar-refractivity contribution in [2.75, 3.05) is 32.8 Å². The van der Waals surface area contributed by atoms with Crippen molar-refractivity contribution in [3.63, 3.8) is 0 Å². The second-order valence-corrected chi connectivity index (χ2v) is 6.21. The van der Waals surface area contributed by atoms with E-state index >= 15 is 0 Å².